The summed E-state index contributed by atoms with van der Waals surface area (Å²) >= 11 is 0. The highest BCUT2D eigenvalue weighted by Crippen LogP contribution is 2.22. The second kappa shape index (κ2) is 4.71. The van der Waals surface area contributed by atoms with Crippen molar-refractivity contribution in [2.24, 2.45) is 0 Å². The van der Waals surface area contributed by atoms with Crippen LogP contribution in [0.1, 0.15) is 19.4 Å². The van der Waals surface area contributed by atoms with Gasteiger partial charge < -0.3 is 9.55 Å². The molecule has 0 unspecified atom stereocenters. The van der Waals surface area contributed by atoms with Crippen LogP contribution in [0.3, 0.4) is 0 Å². The van der Waals surface area contributed by atoms with E-state index in [4.69, 9.17) is 4.74 Å². The highest BCUT2D eigenvalue weighted by molar-refractivity contribution is 6.33. The fourth-order valence-corrected chi connectivity index (χ4v) is 2.05. The minimum atomic E-state index is 0.718. The van der Waals surface area contributed by atoms with Crippen molar-refractivity contribution in [3.05, 3.63) is 29.8 Å². The first-order chi connectivity index (χ1) is 7.25. The van der Waals surface area contributed by atoms with Crippen molar-refractivity contribution in [2.75, 3.05) is 13.2 Å². The van der Waals surface area contributed by atoms with Gasteiger partial charge in [0.15, 0.2) is 0 Å². The van der Waals surface area contributed by atoms with Gasteiger partial charge in [-0.2, -0.15) is 0 Å². The Morgan fingerprint density at radius 3 is 2.93 bits per heavy atom. The highest BCUT2D eigenvalue weighted by Gasteiger charge is 2.16. The Kier molecular flexibility index (Phi) is 3.32. The van der Waals surface area contributed by atoms with Crippen LogP contribution in [0.15, 0.2) is 24.3 Å². The summed E-state index contributed by atoms with van der Waals surface area (Å²) in [5, 5.41) is 0. The highest BCUT2D eigenvalue weighted by atomic mass is 16.5. The molecule has 15 heavy (non-hydrogen) atoms. The standard InChI is InChI=1S/C12H18BNO/c1-10(2)13-14-7-8-15-12-6-4-3-5-11(12)9-14/h3-6,10,13H,7-9H2,1-2H3. The van der Waals surface area contributed by atoms with Gasteiger partial charge >= 0.3 is 0 Å². The molecule has 0 aliphatic carbocycles. The molecule has 1 aromatic rings. The zero-order valence-electron chi connectivity index (χ0n) is 9.57. The minimum absolute atomic E-state index is 0.718. The third kappa shape index (κ3) is 2.75. The predicted octanol–water partition coefficient (Wildman–Crippen LogP) is 2.06. The summed E-state index contributed by atoms with van der Waals surface area (Å²) in [6, 6.07) is 8.35. The smallest absolute Gasteiger partial charge is 0.207 e. The van der Waals surface area contributed by atoms with E-state index in [2.05, 4.69) is 36.9 Å². The van der Waals surface area contributed by atoms with E-state index in [1.165, 1.54) is 5.56 Å². The lowest BCUT2D eigenvalue weighted by Crippen LogP contribution is -2.31. The second-order valence-electron chi connectivity index (χ2n) is 4.59. The maximum Gasteiger partial charge on any atom is 0.207 e. The Hall–Kier alpha value is -0.955. The van der Waals surface area contributed by atoms with Gasteiger partial charge in [0.05, 0.1) is 6.61 Å². The first-order valence-corrected chi connectivity index (χ1v) is 5.69. The second-order valence-corrected chi connectivity index (χ2v) is 4.59. The van der Waals surface area contributed by atoms with Crippen LogP contribution in [0.2, 0.25) is 5.82 Å². The zero-order chi connectivity index (χ0) is 10.7. The molecule has 0 saturated carbocycles. The molecule has 0 aromatic heterocycles. The molecule has 3 heteroatoms. The van der Waals surface area contributed by atoms with Gasteiger partial charge in [-0.15, -0.1) is 0 Å². The van der Waals surface area contributed by atoms with Crippen molar-refractivity contribution in [1.29, 1.82) is 0 Å². The van der Waals surface area contributed by atoms with Gasteiger partial charge in [0.25, 0.3) is 0 Å². The lowest BCUT2D eigenvalue weighted by Gasteiger charge is -2.20. The zero-order valence-corrected chi connectivity index (χ0v) is 9.57. The van der Waals surface area contributed by atoms with Gasteiger partial charge in [0, 0.05) is 18.7 Å². The third-order valence-electron chi connectivity index (χ3n) is 2.65. The van der Waals surface area contributed by atoms with Crippen LogP contribution in [0.5, 0.6) is 5.75 Å². The minimum Gasteiger partial charge on any atom is -0.492 e. The third-order valence-corrected chi connectivity index (χ3v) is 2.65. The summed E-state index contributed by atoms with van der Waals surface area (Å²) in [7, 11) is 1.15. The Morgan fingerprint density at radius 2 is 2.13 bits per heavy atom. The van der Waals surface area contributed by atoms with Gasteiger partial charge in [0.1, 0.15) is 5.75 Å². The number of nitrogens with zero attached hydrogens (tertiary/aromatic N) is 1. The van der Waals surface area contributed by atoms with Crippen molar-refractivity contribution < 1.29 is 4.74 Å². The Bertz CT molecular complexity index is 327. The molecule has 1 aliphatic heterocycles. The number of hydrogen-bond donors (Lipinski definition) is 0. The van der Waals surface area contributed by atoms with Crippen LogP contribution < -0.4 is 4.74 Å². The fourth-order valence-electron chi connectivity index (χ4n) is 2.05. The van der Waals surface area contributed by atoms with E-state index in [0.717, 1.165) is 38.7 Å². The molecule has 1 aliphatic rings. The summed E-state index contributed by atoms with van der Waals surface area (Å²) in [5.41, 5.74) is 1.32. The average molecular weight is 203 g/mol. The monoisotopic (exact) mass is 203 g/mol. The maximum absolute atomic E-state index is 5.72. The molecule has 0 atom stereocenters. The molecule has 0 bridgehead atoms. The molecule has 80 valence electrons. The first kappa shape index (κ1) is 10.6. The molecule has 0 saturated heterocycles. The SMILES string of the molecule is CC(C)BN1CCOc2ccccc2C1. The van der Waals surface area contributed by atoms with E-state index < -0.39 is 0 Å². The number of benzene rings is 1. The van der Waals surface area contributed by atoms with E-state index in [1.807, 2.05) is 6.07 Å². The number of para-hydroxylation sites is 1. The number of hydrogen-bond acceptors (Lipinski definition) is 2. The van der Waals surface area contributed by atoms with E-state index in [1.54, 1.807) is 0 Å². The quantitative estimate of drug-likeness (QED) is 0.682. The van der Waals surface area contributed by atoms with Crippen LogP contribution in [0, 0.1) is 0 Å². The molecular weight excluding hydrogens is 185 g/mol. The van der Waals surface area contributed by atoms with Gasteiger partial charge in [-0.25, -0.2) is 0 Å². The summed E-state index contributed by atoms with van der Waals surface area (Å²) in [6.07, 6.45) is 0. The van der Waals surface area contributed by atoms with Crippen LogP contribution in [0.4, 0.5) is 0 Å². The van der Waals surface area contributed by atoms with Crippen molar-refractivity contribution in [1.82, 2.24) is 4.81 Å². The molecule has 0 radical (unpaired) electrons. The Balaban J connectivity index is 2.10. The number of rotatable bonds is 2. The van der Waals surface area contributed by atoms with Crippen LogP contribution in [0.25, 0.3) is 0 Å². The van der Waals surface area contributed by atoms with E-state index in [0.29, 0.717) is 0 Å². The molecule has 0 N–H and O–H groups in total. The van der Waals surface area contributed by atoms with Crippen LogP contribution in [-0.4, -0.2) is 25.4 Å². The number of ether oxygens (including phenoxy) is 1. The van der Waals surface area contributed by atoms with Gasteiger partial charge in [0.2, 0.25) is 7.41 Å². The van der Waals surface area contributed by atoms with Crippen LogP contribution >= 0.6 is 0 Å². The summed E-state index contributed by atoms with van der Waals surface area (Å²) < 4.78 is 5.72. The number of fused-ring (bicyclic) bond motifs is 1. The molecule has 0 fully saturated rings. The Labute approximate surface area is 92.5 Å². The fraction of sp³-hybridized carbons (Fsp3) is 0.500. The molecule has 1 heterocycles. The molecule has 2 nitrogen and oxygen atoms in total. The predicted molar refractivity (Wildman–Crippen MR) is 64.6 cm³/mol. The van der Waals surface area contributed by atoms with Crippen molar-refractivity contribution in [2.45, 2.75) is 26.2 Å². The first-order valence-electron chi connectivity index (χ1n) is 5.69. The molecule has 1 aromatic carbocycles. The largest absolute Gasteiger partial charge is 0.492 e. The summed E-state index contributed by atoms with van der Waals surface area (Å²) in [5.74, 6) is 1.78. The van der Waals surface area contributed by atoms with Gasteiger partial charge in [-0.1, -0.05) is 37.9 Å². The molecular formula is C12H18BNO. The van der Waals surface area contributed by atoms with E-state index in [9.17, 15) is 0 Å². The van der Waals surface area contributed by atoms with Gasteiger partial charge in [-0.3, -0.25) is 0 Å². The van der Waals surface area contributed by atoms with Crippen molar-refractivity contribution >= 4 is 7.41 Å². The summed E-state index contributed by atoms with van der Waals surface area (Å²) in [4.78, 5) is 2.47. The topological polar surface area (TPSA) is 12.5 Å². The lowest BCUT2D eigenvalue weighted by atomic mass is 9.76. The molecule has 0 amide bonds. The van der Waals surface area contributed by atoms with Crippen LogP contribution in [-0.2, 0) is 6.54 Å². The van der Waals surface area contributed by atoms with Crippen molar-refractivity contribution in [3.63, 3.8) is 0 Å². The normalized spacial score (nSPS) is 16.7. The van der Waals surface area contributed by atoms with Crippen molar-refractivity contribution in [3.8, 4) is 5.75 Å². The maximum atomic E-state index is 5.72. The van der Waals surface area contributed by atoms with E-state index in [-0.39, 0.29) is 0 Å². The lowest BCUT2D eigenvalue weighted by molar-refractivity contribution is 0.295. The summed E-state index contributed by atoms with van der Waals surface area (Å²) in [6.45, 7) is 7.39. The Morgan fingerprint density at radius 1 is 1.33 bits per heavy atom. The molecule has 2 rings (SSSR count). The molecule has 0 spiro atoms. The average Bonchev–Trinajstić information content (AvgIpc) is 2.38. The van der Waals surface area contributed by atoms with Gasteiger partial charge in [-0.05, 0) is 6.07 Å². The van der Waals surface area contributed by atoms with E-state index >= 15 is 0 Å².